The van der Waals surface area contributed by atoms with Gasteiger partial charge in [-0.15, -0.1) is 0 Å². The molecule has 1 N–H and O–H groups in total. The van der Waals surface area contributed by atoms with Crippen LogP contribution in [0.4, 0.5) is 0 Å². The van der Waals surface area contributed by atoms with Crippen LogP contribution in [-0.4, -0.2) is 24.0 Å². The molecule has 0 unspecified atom stereocenters. The van der Waals surface area contributed by atoms with Gasteiger partial charge in [0.1, 0.15) is 5.75 Å². The number of phenols is 1. The van der Waals surface area contributed by atoms with Crippen LogP contribution in [0.5, 0.6) is 5.75 Å². The molecule has 0 heterocycles. The maximum atomic E-state index is 11.8. The minimum Gasteiger partial charge on any atom is -0.507 e. The first-order valence-electron chi connectivity index (χ1n) is 6.87. The summed E-state index contributed by atoms with van der Waals surface area (Å²) in [5.41, 5.74) is 1.21. The van der Waals surface area contributed by atoms with E-state index in [1.54, 1.807) is 12.1 Å². The first-order chi connectivity index (χ1) is 9.45. The van der Waals surface area contributed by atoms with E-state index in [-0.39, 0.29) is 29.3 Å². The summed E-state index contributed by atoms with van der Waals surface area (Å²) in [6.07, 6.45) is 2.17. The minimum absolute atomic E-state index is 0.0160. The fourth-order valence-electron chi connectivity index (χ4n) is 2.81. The molecule has 0 aliphatic heterocycles. The highest BCUT2D eigenvalue weighted by Crippen LogP contribution is 2.47. The summed E-state index contributed by atoms with van der Waals surface area (Å²) in [7, 11) is 1.39. The molecule has 2 atom stereocenters. The van der Waals surface area contributed by atoms with Crippen LogP contribution < -0.4 is 0 Å². The first kappa shape index (κ1) is 14.6. The molecule has 0 radical (unpaired) electrons. The highest BCUT2D eigenvalue weighted by atomic mass is 16.5. The maximum absolute atomic E-state index is 11.8. The average molecular weight is 276 g/mol. The Morgan fingerprint density at radius 1 is 1.35 bits per heavy atom. The van der Waals surface area contributed by atoms with Gasteiger partial charge in [-0.25, -0.2) is 0 Å². The van der Waals surface area contributed by atoms with Crippen LogP contribution in [0.2, 0.25) is 0 Å². The van der Waals surface area contributed by atoms with Gasteiger partial charge in [-0.05, 0) is 49.3 Å². The molecule has 0 aromatic heterocycles. The van der Waals surface area contributed by atoms with E-state index in [1.165, 1.54) is 14.0 Å². The third-order valence-corrected chi connectivity index (χ3v) is 4.03. The van der Waals surface area contributed by atoms with Crippen LogP contribution in [0.25, 0.3) is 0 Å². The lowest BCUT2D eigenvalue weighted by atomic mass is 9.82. The summed E-state index contributed by atoms with van der Waals surface area (Å²) in [5, 5.41) is 9.95. The Bertz CT molecular complexity index is 531. The van der Waals surface area contributed by atoms with Crippen molar-refractivity contribution < 1.29 is 19.4 Å². The fourth-order valence-corrected chi connectivity index (χ4v) is 2.81. The van der Waals surface area contributed by atoms with E-state index in [4.69, 9.17) is 4.74 Å². The Balaban J connectivity index is 2.33. The molecule has 1 fully saturated rings. The van der Waals surface area contributed by atoms with Gasteiger partial charge in [0, 0.05) is 0 Å². The molecular weight excluding hydrogens is 256 g/mol. The van der Waals surface area contributed by atoms with Gasteiger partial charge < -0.3 is 9.84 Å². The van der Waals surface area contributed by atoms with Gasteiger partial charge >= 0.3 is 5.97 Å². The third kappa shape index (κ3) is 2.84. The number of aromatic hydroxyl groups is 1. The Labute approximate surface area is 118 Å². The van der Waals surface area contributed by atoms with E-state index in [2.05, 4.69) is 0 Å². The van der Waals surface area contributed by atoms with Crippen molar-refractivity contribution in [3.63, 3.8) is 0 Å². The summed E-state index contributed by atoms with van der Waals surface area (Å²) in [5.74, 6) is -0.191. The number of rotatable bonds is 5. The number of hydrogen-bond acceptors (Lipinski definition) is 4. The lowest BCUT2D eigenvalue weighted by Gasteiger charge is -2.23. The van der Waals surface area contributed by atoms with Gasteiger partial charge in [0.15, 0.2) is 5.78 Å². The van der Waals surface area contributed by atoms with Gasteiger partial charge in [-0.1, -0.05) is 13.0 Å². The molecule has 0 spiro atoms. The van der Waals surface area contributed by atoms with Gasteiger partial charge in [0.2, 0.25) is 0 Å². The number of Topliss-reactive ketones (excluding diaryl/α,β-unsaturated/α-hetero) is 1. The second-order valence-electron chi connectivity index (χ2n) is 5.51. The molecule has 1 aromatic rings. The molecular formula is C16H20O4. The Morgan fingerprint density at radius 2 is 2.00 bits per heavy atom. The molecule has 0 saturated heterocycles. The van der Waals surface area contributed by atoms with Crippen molar-refractivity contribution >= 4 is 11.8 Å². The average Bonchev–Trinajstić information content (AvgIpc) is 3.22. The van der Waals surface area contributed by atoms with Crippen molar-refractivity contribution in [3.05, 3.63) is 29.3 Å². The molecule has 108 valence electrons. The largest absolute Gasteiger partial charge is 0.507 e. The number of ether oxygens (including phenoxy) is 1. The van der Waals surface area contributed by atoms with Crippen molar-refractivity contribution in [1.29, 1.82) is 0 Å². The van der Waals surface area contributed by atoms with E-state index >= 15 is 0 Å². The number of hydrogen-bond donors (Lipinski definition) is 1. The zero-order chi connectivity index (χ0) is 14.9. The standard InChI is InChI=1S/C16H20O4/c1-9(16(19)20-3)15(11-4-5-11)12-6-7-13(10(2)17)14(18)8-12/h6-9,11,15,18H,4-5H2,1-3H3/t9-,15-/m0/s1. The number of carbonyl (C=O) groups is 2. The zero-order valence-electron chi connectivity index (χ0n) is 12.1. The summed E-state index contributed by atoms with van der Waals surface area (Å²) < 4.78 is 4.83. The zero-order valence-corrected chi connectivity index (χ0v) is 12.1. The van der Waals surface area contributed by atoms with Crippen LogP contribution in [0.1, 0.15) is 48.5 Å². The highest BCUT2D eigenvalue weighted by molar-refractivity contribution is 5.96. The summed E-state index contributed by atoms with van der Waals surface area (Å²) in [6.45, 7) is 3.27. The normalized spacial score (nSPS) is 17.4. The summed E-state index contributed by atoms with van der Waals surface area (Å²) in [6, 6.07) is 5.07. The van der Waals surface area contributed by atoms with E-state index in [9.17, 15) is 14.7 Å². The SMILES string of the molecule is COC(=O)[C@@H](C)[C@H](c1ccc(C(C)=O)c(O)c1)C1CC1. The molecule has 4 heteroatoms. The molecule has 2 rings (SSSR count). The maximum Gasteiger partial charge on any atom is 0.309 e. The summed E-state index contributed by atoms with van der Waals surface area (Å²) >= 11 is 0. The van der Waals surface area contributed by atoms with Crippen molar-refractivity contribution in [2.75, 3.05) is 7.11 Å². The third-order valence-electron chi connectivity index (χ3n) is 4.03. The first-order valence-corrected chi connectivity index (χ1v) is 6.87. The monoisotopic (exact) mass is 276 g/mol. The van der Waals surface area contributed by atoms with E-state index in [1.807, 2.05) is 13.0 Å². The lowest BCUT2D eigenvalue weighted by Crippen LogP contribution is -2.22. The number of esters is 1. The van der Waals surface area contributed by atoms with Gasteiger partial charge in [0.05, 0.1) is 18.6 Å². The molecule has 1 aromatic carbocycles. The topological polar surface area (TPSA) is 63.6 Å². The number of carbonyl (C=O) groups excluding carboxylic acids is 2. The molecule has 4 nitrogen and oxygen atoms in total. The van der Waals surface area contributed by atoms with E-state index in [0.717, 1.165) is 18.4 Å². The van der Waals surface area contributed by atoms with Crippen molar-refractivity contribution in [1.82, 2.24) is 0 Å². The Kier molecular flexibility index (Phi) is 4.12. The second-order valence-corrected chi connectivity index (χ2v) is 5.51. The Hall–Kier alpha value is -1.84. The molecule has 1 aliphatic carbocycles. The van der Waals surface area contributed by atoms with Crippen LogP contribution in [-0.2, 0) is 9.53 Å². The number of methoxy groups -OCH3 is 1. The van der Waals surface area contributed by atoms with E-state index < -0.39 is 0 Å². The van der Waals surface area contributed by atoms with Crippen molar-refractivity contribution in [2.24, 2.45) is 11.8 Å². The predicted octanol–water partition coefficient (Wildman–Crippen LogP) is 2.90. The predicted molar refractivity (Wildman–Crippen MR) is 74.8 cm³/mol. The lowest BCUT2D eigenvalue weighted by molar-refractivity contribution is -0.145. The van der Waals surface area contributed by atoms with Crippen LogP contribution >= 0.6 is 0 Å². The molecule has 0 bridgehead atoms. The molecule has 20 heavy (non-hydrogen) atoms. The second kappa shape index (κ2) is 5.65. The molecule has 1 saturated carbocycles. The number of benzene rings is 1. The fraction of sp³-hybridized carbons (Fsp3) is 0.500. The van der Waals surface area contributed by atoms with E-state index in [0.29, 0.717) is 11.5 Å². The number of ketones is 1. The van der Waals surface area contributed by atoms with Crippen LogP contribution in [0.15, 0.2) is 18.2 Å². The van der Waals surface area contributed by atoms with Gasteiger partial charge in [-0.2, -0.15) is 0 Å². The van der Waals surface area contributed by atoms with Crippen molar-refractivity contribution in [3.8, 4) is 5.75 Å². The highest BCUT2D eigenvalue weighted by Gasteiger charge is 2.39. The molecule has 0 amide bonds. The van der Waals surface area contributed by atoms with Gasteiger partial charge in [-0.3, -0.25) is 9.59 Å². The number of phenolic OH excluding ortho intramolecular Hbond substituents is 1. The quantitative estimate of drug-likeness (QED) is 0.663. The Morgan fingerprint density at radius 3 is 2.45 bits per heavy atom. The van der Waals surface area contributed by atoms with Crippen LogP contribution in [0, 0.1) is 11.8 Å². The smallest absolute Gasteiger partial charge is 0.309 e. The minimum atomic E-state index is -0.255. The molecule has 1 aliphatic rings. The van der Waals surface area contributed by atoms with Gasteiger partial charge in [0.25, 0.3) is 0 Å². The van der Waals surface area contributed by atoms with Crippen LogP contribution in [0.3, 0.4) is 0 Å². The summed E-state index contributed by atoms with van der Waals surface area (Å²) in [4.78, 5) is 23.1. The van der Waals surface area contributed by atoms with Crippen molar-refractivity contribution in [2.45, 2.75) is 32.6 Å².